The summed E-state index contributed by atoms with van der Waals surface area (Å²) in [4.78, 5) is 5.56. The third-order valence-corrected chi connectivity index (χ3v) is 4.52. The number of ether oxygens (including phenoxy) is 1. The van der Waals surface area contributed by atoms with Gasteiger partial charge in [0.25, 0.3) is 0 Å². The monoisotopic (exact) mass is 352 g/mol. The minimum atomic E-state index is 0.212. The molecule has 0 saturated carbocycles. The van der Waals surface area contributed by atoms with Crippen LogP contribution >= 0.6 is 27.7 Å². The van der Waals surface area contributed by atoms with E-state index in [9.17, 15) is 0 Å². The minimum Gasteiger partial charge on any atom is -0.496 e. The van der Waals surface area contributed by atoms with Gasteiger partial charge in [0.05, 0.1) is 7.11 Å². The molecule has 0 aliphatic heterocycles. The van der Waals surface area contributed by atoms with Crippen molar-refractivity contribution in [3.63, 3.8) is 0 Å². The summed E-state index contributed by atoms with van der Waals surface area (Å²) >= 11 is 5.05. The highest BCUT2D eigenvalue weighted by molar-refractivity contribution is 9.10. The zero-order chi connectivity index (χ0) is 14.5. The molecule has 1 atom stereocenters. The predicted molar refractivity (Wildman–Crippen MR) is 86.5 cm³/mol. The van der Waals surface area contributed by atoms with E-state index in [4.69, 9.17) is 4.74 Å². The molecule has 20 heavy (non-hydrogen) atoms. The van der Waals surface area contributed by atoms with Crippen LogP contribution in [0.4, 0.5) is 0 Å². The van der Waals surface area contributed by atoms with E-state index in [-0.39, 0.29) is 6.04 Å². The lowest BCUT2D eigenvalue weighted by molar-refractivity contribution is 0.401. The average Bonchev–Trinajstić information content (AvgIpc) is 2.48. The lowest BCUT2D eigenvalue weighted by atomic mass is 10.1. The van der Waals surface area contributed by atoms with Crippen LogP contribution < -0.4 is 10.1 Å². The summed E-state index contributed by atoms with van der Waals surface area (Å²) in [6.45, 7) is 2.12. The highest BCUT2D eigenvalue weighted by Crippen LogP contribution is 2.37. The van der Waals surface area contributed by atoms with Crippen LogP contribution in [0.2, 0.25) is 0 Å². The van der Waals surface area contributed by atoms with E-state index in [1.807, 2.05) is 37.5 Å². The van der Waals surface area contributed by atoms with Gasteiger partial charge in [0, 0.05) is 27.2 Å². The summed E-state index contributed by atoms with van der Waals surface area (Å²) in [5, 5.41) is 4.23. The molecule has 2 aromatic rings. The SMILES string of the molecule is CNC(C)c1c(OC)cccc1Sc1ccc(Br)cn1. The van der Waals surface area contributed by atoms with Crippen molar-refractivity contribution in [2.75, 3.05) is 14.2 Å². The van der Waals surface area contributed by atoms with Gasteiger partial charge in [0.1, 0.15) is 10.8 Å². The molecule has 3 nitrogen and oxygen atoms in total. The molecular formula is C15H17BrN2OS. The summed E-state index contributed by atoms with van der Waals surface area (Å²) in [6, 6.07) is 10.3. The fraction of sp³-hybridized carbons (Fsp3) is 0.267. The van der Waals surface area contributed by atoms with Crippen LogP contribution in [0.3, 0.4) is 0 Å². The maximum atomic E-state index is 5.48. The molecule has 0 bridgehead atoms. The van der Waals surface area contributed by atoms with E-state index in [1.165, 1.54) is 0 Å². The quantitative estimate of drug-likeness (QED) is 0.870. The van der Waals surface area contributed by atoms with Gasteiger partial charge in [0.15, 0.2) is 0 Å². The Hall–Kier alpha value is -1.04. The zero-order valence-electron chi connectivity index (χ0n) is 11.7. The summed E-state index contributed by atoms with van der Waals surface area (Å²) in [6.07, 6.45) is 1.81. The second kappa shape index (κ2) is 7.11. The number of methoxy groups -OCH3 is 1. The van der Waals surface area contributed by atoms with Crippen LogP contribution in [0.15, 0.2) is 50.9 Å². The summed E-state index contributed by atoms with van der Waals surface area (Å²) in [5.41, 5.74) is 1.16. The number of nitrogens with one attached hydrogen (secondary N) is 1. The first-order chi connectivity index (χ1) is 9.65. The van der Waals surface area contributed by atoms with Crippen LogP contribution in [0.25, 0.3) is 0 Å². The Labute approximate surface area is 132 Å². The molecule has 0 saturated heterocycles. The number of nitrogens with zero attached hydrogens (tertiary/aromatic N) is 1. The Morgan fingerprint density at radius 2 is 2.10 bits per heavy atom. The van der Waals surface area contributed by atoms with Crippen molar-refractivity contribution in [3.8, 4) is 5.75 Å². The molecule has 0 radical (unpaired) electrons. The molecule has 0 fully saturated rings. The Morgan fingerprint density at radius 3 is 2.70 bits per heavy atom. The lowest BCUT2D eigenvalue weighted by Gasteiger charge is -2.18. The van der Waals surface area contributed by atoms with Gasteiger partial charge in [-0.3, -0.25) is 0 Å². The number of hydrogen-bond donors (Lipinski definition) is 1. The number of hydrogen-bond acceptors (Lipinski definition) is 4. The maximum absolute atomic E-state index is 5.48. The second-order valence-corrected chi connectivity index (χ2v) is 6.28. The van der Waals surface area contributed by atoms with Crippen molar-refractivity contribution in [1.29, 1.82) is 0 Å². The van der Waals surface area contributed by atoms with Gasteiger partial charge in [-0.1, -0.05) is 17.8 Å². The summed E-state index contributed by atoms with van der Waals surface area (Å²) in [7, 11) is 3.65. The highest BCUT2D eigenvalue weighted by atomic mass is 79.9. The van der Waals surface area contributed by atoms with Gasteiger partial charge in [-0.25, -0.2) is 4.98 Å². The molecule has 1 unspecified atom stereocenters. The number of rotatable bonds is 5. The first-order valence-corrected chi connectivity index (χ1v) is 7.90. The van der Waals surface area contributed by atoms with Crippen molar-refractivity contribution in [2.24, 2.45) is 0 Å². The smallest absolute Gasteiger partial charge is 0.124 e. The van der Waals surface area contributed by atoms with Crippen molar-refractivity contribution in [1.82, 2.24) is 10.3 Å². The first kappa shape index (κ1) is 15.4. The van der Waals surface area contributed by atoms with Crippen LogP contribution in [-0.2, 0) is 0 Å². The molecule has 1 aromatic heterocycles. The van der Waals surface area contributed by atoms with E-state index in [2.05, 4.69) is 39.2 Å². The maximum Gasteiger partial charge on any atom is 0.124 e. The van der Waals surface area contributed by atoms with E-state index >= 15 is 0 Å². The lowest BCUT2D eigenvalue weighted by Crippen LogP contribution is -2.14. The van der Waals surface area contributed by atoms with Crippen molar-refractivity contribution in [2.45, 2.75) is 22.9 Å². The average molecular weight is 353 g/mol. The second-order valence-electron chi connectivity index (χ2n) is 4.30. The topological polar surface area (TPSA) is 34.1 Å². The summed E-state index contributed by atoms with van der Waals surface area (Å²) in [5.74, 6) is 0.897. The van der Waals surface area contributed by atoms with Gasteiger partial charge in [-0.2, -0.15) is 0 Å². The molecule has 5 heteroatoms. The van der Waals surface area contributed by atoms with Gasteiger partial charge in [0.2, 0.25) is 0 Å². The first-order valence-electron chi connectivity index (χ1n) is 6.29. The molecule has 0 aliphatic carbocycles. The number of benzene rings is 1. The van der Waals surface area contributed by atoms with Crippen molar-refractivity contribution < 1.29 is 4.74 Å². The van der Waals surface area contributed by atoms with E-state index < -0.39 is 0 Å². The van der Waals surface area contributed by atoms with Gasteiger partial charge in [-0.15, -0.1) is 0 Å². The largest absolute Gasteiger partial charge is 0.496 e. The minimum absolute atomic E-state index is 0.212. The molecule has 1 aromatic carbocycles. The van der Waals surface area contributed by atoms with Crippen molar-refractivity contribution >= 4 is 27.7 Å². The van der Waals surface area contributed by atoms with Crippen LogP contribution in [0, 0.1) is 0 Å². The Bertz CT molecular complexity index is 575. The van der Waals surface area contributed by atoms with Crippen molar-refractivity contribution in [3.05, 3.63) is 46.6 Å². The number of halogens is 1. The molecule has 2 rings (SSSR count). The Kier molecular flexibility index (Phi) is 5.46. The highest BCUT2D eigenvalue weighted by Gasteiger charge is 2.15. The van der Waals surface area contributed by atoms with Crippen LogP contribution in [0.1, 0.15) is 18.5 Å². The van der Waals surface area contributed by atoms with Gasteiger partial charge < -0.3 is 10.1 Å². The molecule has 0 aliphatic rings. The van der Waals surface area contributed by atoms with Crippen LogP contribution in [0.5, 0.6) is 5.75 Å². The molecule has 0 amide bonds. The van der Waals surface area contributed by atoms with E-state index in [0.717, 1.165) is 25.7 Å². The molecule has 106 valence electrons. The standard InChI is InChI=1S/C15H17BrN2OS/c1-10(17-2)15-12(19-3)5-4-6-13(15)20-14-8-7-11(16)9-18-14/h4-10,17H,1-3H3. The Balaban J connectivity index is 2.37. The normalized spacial score (nSPS) is 12.2. The van der Waals surface area contributed by atoms with E-state index in [1.54, 1.807) is 18.9 Å². The fourth-order valence-electron chi connectivity index (χ4n) is 1.90. The van der Waals surface area contributed by atoms with Gasteiger partial charge >= 0.3 is 0 Å². The number of pyridine rings is 1. The summed E-state index contributed by atoms with van der Waals surface area (Å²) < 4.78 is 6.47. The zero-order valence-corrected chi connectivity index (χ0v) is 14.1. The molecular weight excluding hydrogens is 336 g/mol. The molecule has 1 heterocycles. The van der Waals surface area contributed by atoms with Crippen LogP contribution in [-0.4, -0.2) is 19.1 Å². The molecule has 1 N–H and O–H groups in total. The number of aromatic nitrogens is 1. The third-order valence-electron chi connectivity index (χ3n) is 3.03. The third kappa shape index (κ3) is 3.53. The Morgan fingerprint density at radius 1 is 1.30 bits per heavy atom. The van der Waals surface area contributed by atoms with Gasteiger partial charge in [-0.05, 0) is 54.2 Å². The van der Waals surface area contributed by atoms with E-state index in [0.29, 0.717) is 0 Å². The molecule has 0 spiro atoms. The predicted octanol–water partition coefficient (Wildman–Crippen LogP) is 4.28. The fourth-order valence-corrected chi connectivity index (χ4v) is 3.13.